The highest BCUT2D eigenvalue weighted by Gasteiger charge is 2.28. The van der Waals surface area contributed by atoms with E-state index in [0.717, 1.165) is 48.9 Å². The Hall–Kier alpha value is -3.37. The summed E-state index contributed by atoms with van der Waals surface area (Å²) in [6.45, 7) is 2.11. The lowest BCUT2D eigenvalue weighted by Gasteiger charge is -2.31. The lowest BCUT2D eigenvalue weighted by molar-refractivity contribution is 1.07. The molecule has 0 saturated carbocycles. The number of benzene rings is 3. The first-order valence-electron chi connectivity index (χ1n) is 9.60. The van der Waals surface area contributed by atoms with Crippen LogP contribution in [-0.2, 0) is 0 Å². The smallest absolute Gasteiger partial charge is 0.153 e. The van der Waals surface area contributed by atoms with Crippen molar-refractivity contribution in [2.75, 3.05) is 4.90 Å². The number of rotatable bonds is 1. The van der Waals surface area contributed by atoms with Crippen LogP contribution in [0.25, 0.3) is 21.8 Å². The summed E-state index contributed by atoms with van der Waals surface area (Å²) < 4.78 is 0. The van der Waals surface area contributed by atoms with Crippen molar-refractivity contribution in [1.82, 2.24) is 9.97 Å². The van der Waals surface area contributed by atoms with Gasteiger partial charge in [0, 0.05) is 16.5 Å². The monoisotopic (exact) mass is 391 g/mol. The summed E-state index contributed by atoms with van der Waals surface area (Å²) in [5, 5.41) is 2.31. The Kier molecular flexibility index (Phi) is 3.61. The Morgan fingerprint density at radius 3 is 1.72 bits per heavy atom. The molecule has 4 heteroatoms. The van der Waals surface area contributed by atoms with E-state index < -0.39 is 0 Å². The van der Waals surface area contributed by atoms with E-state index in [2.05, 4.69) is 84.6 Å². The van der Waals surface area contributed by atoms with Gasteiger partial charge < -0.3 is 0 Å². The van der Waals surface area contributed by atoms with E-state index in [1.54, 1.807) is 11.8 Å². The number of pyridine rings is 2. The van der Waals surface area contributed by atoms with Crippen molar-refractivity contribution in [2.24, 2.45) is 0 Å². The molecule has 0 bridgehead atoms. The lowest BCUT2D eigenvalue weighted by atomic mass is 10.1. The van der Waals surface area contributed by atoms with Crippen LogP contribution in [0.1, 0.15) is 5.56 Å². The third kappa shape index (κ3) is 2.68. The molecule has 0 unspecified atom stereocenters. The molecule has 0 fully saturated rings. The molecular weight excluding hydrogens is 374 g/mol. The first-order valence-corrected chi connectivity index (χ1v) is 10.4. The summed E-state index contributed by atoms with van der Waals surface area (Å²) in [5.74, 6) is 1.88. The van der Waals surface area contributed by atoms with Crippen molar-refractivity contribution in [3.05, 3.63) is 90.5 Å². The highest BCUT2D eigenvalue weighted by molar-refractivity contribution is 7.99. The first-order chi connectivity index (χ1) is 14.3. The summed E-state index contributed by atoms with van der Waals surface area (Å²) in [6, 6.07) is 29.6. The van der Waals surface area contributed by atoms with Crippen LogP contribution in [0.3, 0.4) is 0 Å². The van der Waals surface area contributed by atoms with Crippen LogP contribution in [0.5, 0.6) is 0 Å². The second-order valence-electron chi connectivity index (χ2n) is 7.28. The molecule has 3 aromatic carbocycles. The average molecular weight is 391 g/mol. The molecule has 3 heterocycles. The van der Waals surface area contributed by atoms with Gasteiger partial charge in [-0.15, -0.1) is 0 Å². The fraction of sp³-hybridized carbons (Fsp3) is 0.0400. The summed E-state index contributed by atoms with van der Waals surface area (Å²) in [5.41, 5.74) is 4.30. The van der Waals surface area contributed by atoms with Crippen LogP contribution < -0.4 is 4.90 Å². The number of aryl methyl sites for hydroxylation is 1. The van der Waals surface area contributed by atoms with Crippen LogP contribution in [0.2, 0.25) is 0 Å². The minimum absolute atomic E-state index is 0.938. The molecule has 3 nitrogen and oxygen atoms in total. The Balaban J connectivity index is 1.66. The minimum Gasteiger partial charge on any atom is -0.277 e. The van der Waals surface area contributed by atoms with Gasteiger partial charge in [-0.05, 0) is 43.3 Å². The third-order valence-corrected chi connectivity index (χ3v) is 6.32. The predicted octanol–water partition coefficient (Wildman–Crippen LogP) is 7.03. The molecule has 0 amide bonds. The average Bonchev–Trinajstić information content (AvgIpc) is 2.75. The maximum Gasteiger partial charge on any atom is 0.153 e. The molecule has 0 radical (unpaired) electrons. The van der Waals surface area contributed by atoms with Gasteiger partial charge in [-0.25, -0.2) is 9.97 Å². The fourth-order valence-corrected chi connectivity index (χ4v) is 4.87. The summed E-state index contributed by atoms with van der Waals surface area (Å²) in [4.78, 5) is 14.6. The van der Waals surface area contributed by atoms with Crippen molar-refractivity contribution in [2.45, 2.75) is 16.7 Å². The quantitative estimate of drug-likeness (QED) is 0.301. The highest BCUT2D eigenvalue weighted by atomic mass is 32.2. The van der Waals surface area contributed by atoms with Gasteiger partial charge in [0.1, 0.15) is 0 Å². The topological polar surface area (TPSA) is 29.0 Å². The minimum atomic E-state index is 0.938. The zero-order chi connectivity index (χ0) is 19.4. The zero-order valence-corrected chi connectivity index (χ0v) is 16.6. The number of fused-ring (bicyclic) bond motifs is 4. The van der Waals surface area contributed by atoms with Gasteiger partial charge in [0.05, 0.1) is 20.8 Å². The standard InChI is InChI=1S/C25H17N3S/c1-16-10-12-19(13-11-16)28-24-22(14-17-6-2-4-8-20(17)26-24)29-23-15-18-7-3-5-9-21(18)27-25(23)28/h2-15H,1H3. The largest absolute Gasteiger partial charge is 0.277 e. The van der Waals surface area contributed by atoms with Crippen molar-refractivity contribution >= 4 is 50.9 Å². The molecule has 138 valence electrons. The van der Waals surface area contributed by atoms with E-state index in [4.69, 9.17) is 9.97 Å². The Bertz CT molecular complexity index is 1310. The van der Waals surface area contributed by atoms with Crippen LogP contribution in [0, 0.1) is 6.92 Å². The van der Waals surface area contributed by atoms with Crippen molar-refractivity contribution in [3.63, 3.8) is 0 Å². The summed E-state index contributed by atoms with van der Waals surface area (Å²) in [6.07, 6.45) is 0. The van der Waals surface area contributed by atoms with E-state index in [-0.39, 0.29) is 0 Å². The molecule has 29 heavy (non-hydrogen) atoms. The normalized spacial score (nSPS) is 12.8. The van der Waals surface area contributed by atoms with Gasteiger partial charge in [-0.1, -0.05) is 65.9 Å². The zero-order valence-electron chi connectivity index (χ0n) is 15.8. The van der Waals surface area contributed by atoms with Gasteiger partial charge >= 0.3 is 0 Å². The summed E-state index contributed by atoms with van der Waals surface area (Å²) in [7, 11) is 0. The van der Waals surface area contributed by atoms with Gasteiger partial charge in [0.2, 0.25) is 0 Å². The SMILES string of the molecule is Cc1ccc(N2c3nc4ccccc4cc3Sc3cc4ccccc4nc32)cc1. The van der Waals surface area contributed by atoms with E-state index in [0.29, 0.717) is 0 Å². The number of para-hydroxylation sites is 2. The number of hydrogen-bond acceptors (Lipinski definition) is 4. The van der Waals surface area contributed by atoms with Gasteiger partial charge in [-0.2, -0.15) is 0 Å². The van der Waals surface area contributed by atoms with Crippen molar-refractivity contribution < 1.29 is 0 Å². The molecule has 0 atom stereocenters. The number of aromatic nitrogens is 2. The molecule has 1 aliphatic heterocycles. The molecule has 6 rings (SSSR count). The Morgan fingerprint density at radius 2 is 1.17 bits per heavy atom. The van der Waals surface area contributed by atoms with Crippen molar-refractivity contribution in [1.29, 1.82) is 0 Å². The van der Waals surface area contributed by atoms with Crippen LogP contribution in [-0.4, -0.2) is 9.97 Å². The highest BCUT2D eigenvalue weighted by Crippen LogP contribution is 2.51. The second kappa shape index (κ2) is 6.33. The second-order valence-corrected chi connectivity index (χ2v) is 8.36. The summed E-state index contributed by atoms with van der Waals surface area (Å²) >= 11 is 1.75. The van der Waals surface area contributed by atoms with Gasteiger partial charge in [0.15, 0.2) is 11.6 Å². The van der Waals surface area contributed by atoms with Crippen LogP contribution in [0.4, 0.5) is 17.3 Å². The molecule has 0 N–H and O–H groups in total. The van der Waals surface area contributed by atoms with Crippen LogP contribution >= 0.6 is 11.8 Å². The maximum absolute atomic E-state index is 5.04. The maximum atomic E-state index is 5.04. The van der Waals surface area contributed by atoms with Crippen molar-refractivity contribution in [3.8, 4) is 0 Å². The van der Waals surface area contributed by atoms with Crippen LogP contribution in [0.15, 0.2) is 94.7 Å². The van der Waals surface area contributed by atoms with Gasteiger partial charge in [0.25, 0.3) is 0 Å². The van der Waals surface area contributed by atoms with E-state index in [1.165, 1.54) is 5.56 Å². The number of hydrogen-bond donors (Lipinski definition) is 0. The molecule has 0 aliphatic carbocycles. The predicted molar refractivity (Wildman–Crippen MR) is 121 cm³/mol. The molecule has 2 aromatic heterocycles. The fourth-order valence-electron chi connectivity index (χ4n) is 3.80. The van der Waals surface area contributed by atoms with E-state index >= 15 is 0 Å². The van der Waals surface area contributed by atoms with E-state index in [9.17, 15) is 0 Å². The third-order valence-electron chi connectivity index (χ3n) is 5.28. The van der Waals surface area contributed by atoms with E-state index in [1.807, 2.05) is 12.1 Å². The first kappa shape index (κ1) is 16.6. The Labute approximate surface area is 173 Å². The van der Waals surface area contributed by atoms with Gasteiger partial charge in [-0.3, -0.25) is 4.90 Å². The number of anilines is 3. The Morgan fingerprint density at radius 1 is 0.655 bits per heavy atom. The molecule has 0 spiro atoms. The lowest BCUT2D eigenvalue weighted by Crippen LogP contribution is -2.18. The molecule has 1 aliphatic rings. The molecule has 0 saturated heterocycles. The molecular formula is C25H17N3S. The number of nitrogens with zero attached hydrogens (tertiary/aromatic N) is 3. The molecule has 5 aromatic rings.